The van der Waals surface area contributed by atoms with Gasteiger partial charge in [-0.15, -0.1) is 0 Å². The van der Waals surface area contributed by atoms with Crippen LogP contribution in [0.2, 0.25) is 0 Å². The molecule has 0 unspecified atom stereocenters. The lowest BCUT2D eigenvalue weighted by Gasteiger charge is -2.28. The molecule has 1 aliphatic rings. The van der Waals surface area contributed by atoms with Gasteiger partial charge in [0, 0.05) is 0 Å². The summed E-state index contributed by atoms with van der Waals surface area (Å²) in [6.45, 7) is 5.55. The van der Waals surface area contributed by atoms with E-state index in [0.717, 1.165) is 11.8 Å². The van der Waals surface area contributed by atoms with Gasteiger partial charge in [-0.3, -0.25) is 0 Å². The topological polar surface area (TPSA) is 9.23 Å². The highest BCUT2D eigenvalue weighted by molar-refractivity contribution is 5.25. The number of benzene rings is 1. The van der Waals surface area contributed by atoms with Crippen molar-refractivity contribution in [3.63, 3.8) is 0 Å². The fourth-order valence-corrected chi connectivity index (χ4v) is 3.51. The predicted molar refractivity (Wildman–Crippen MR) is 99.7 cm³/mol. The molecule has 1 heteroatoms. The zero-order valence-electron chi connectivity index (χ0n) is 14.8. The fraction of sp³-hybridized carbons (Fsp3) is 0.545. The van der Waals surface area contributed by atoms with E-state index in [0.29, 0.717) is 13.2 Å². The van der Waals surface area contributed by atoms with Gasteiger partial charge in [-0.2, -0.15) is 0 Å². The third kappa shape index (κ3) is 6.35. The molecule has 0 heterocycles. The van der Waals surface area contributed by atoms with Crippen molar-refractivity contribution in [3.8, 4) is 0 Å². The Balaban J connectivity index is 1.75. The van der Waals surface area contributed by atoms with Crippen LogP contribution in [0.3, 0.4) is 0 Å². The maximum Gasteiger partial charge on any atom is 0.0721 e. The van der Waals surface area contributed by atoms with E-state index in [-0.39, 0.29) is 0 Å². The van der Waals surface area contributed by atoms with E-state index < -0.39 is 0 Å². The molecular weight excluding hydrogens is 280 g/mol. The van der Waals surface area contributed by atoms with Crippen LogP contribution in [0.15, 0.2) is 48.6 Å². The van der Waals surface area contributed by atoms with Crippen LogP contribution in [-0.2, 0) is 11.3 Å². The molecule has 0 spiro atoms. The summed E-state index contributed by atoms with van der Waals surface area (Å²) in [6.07, 6.45) is 16.7. The highest BCUT2D eigenvalue weighted by Gasteiger charge is 2.21. The standard InChI is InChI=1S/C22H32O/c1-3-5-7-8-19-9-13-21(14-10-19)22-15-11-20(12-16-22)18-23-17-6-4-2/h3-6,11-12,15-16,19,21H,7-10,13-14,17-18H2,1-2H3. The molecule has 1 nitrogen and oxygen atoms in total. The molecule has 0 atom stereocenters. The lowest BCUT2D eigenvalue weighted by Crippen LogP contribution is -2.13. The van der Waals surface area contributed by atoms with Gasteiger partial charge in [0.25, 0.3) is 0 Å². The van der Waals surface area contributed by atoms with Crippen LogP contribution < -0.4 is 0 Å². The molecule has 2 rings (SSSR count). The second-order valence-corrected chi connectivity index (χ2v) is 6.69. The third-order valence-corrected chi connectivity index (χ3v) is 4.99. The van der Waals surface area contributed by atoms with Crippen molar-refractivity contribution in [1.29, 1.82) is 0 Å². The average Bonchev–Trinajstić information content (AvgIpc) is 2.60. The van der Waals surface area contributed by atoms with Gasteiger partial charge in [-0.1, -0.05) is 48.6 Å². The van der Waals surface area contributed by atoms with Gasteiger partial charge in [-0.05, 0) is 75.3 Å². The van der Waals surface area contributed by atoms with Crippen molar-refractivity contribution in [2.75, 3.05) is 6.61 Å². The molecule has 1 saturated carbocycles. The maximum atomic E-state index is 5.61. The molecule has 1 fully saturated rings. The Morgan fingerprint density at radius 1 is 0.957 bits per heavy atom. The van der Waals surface area contributed by atoms with Crippen molar-refractivity contribution in [1.82, 2.24) is 0 Å². The smallest absolute Gasteiger partial charge is 0.0721 e. The third-order valence-electron chi connectivity index (χ3n) is 4.99. The minimum Gasteiger partial charge on any atom is -0.373 e. The molecule has 23 heavy (non-hydrogen) atoms. The maximum absolute atomic E-state index is 5.61. The summed E-state index contributed by atoms with van der Waals surface area (Å²) in [5.41, 5.74) is 2.80. The van der Waals surface area contributed by atoms with E-state index in [1.165, 1.54) is 49.7 Å². The summed E-state index contributed by atoms with van der Waals surface area (Å²) in [6, 6.07) is 9.12. The predicted octanol–water partition coefficient (Wildman–Crippen LogP) is 6.41. The number of rotatable bonds is 8. The van der Waals surface area contributed by atoms with E-state index in [1.54, 1.807) is 0 Å². The number of hydrogen-bond donors (Lipinski definition) is 0. The van der Waals surface area contributed by atoms with Crippen LogP contribution in [0.5, 0.6) is 0 Å². The highest BCUT2D eigenvalue weighted by atomic mass is 16.5. The van der Waals surface area contributed by atoms with Gasteiger partial charge < -0.3 is 4.74 Å². The monoisotopic (exact) mass is 312 g/mol. The number of ether oxygens (including phenoxy) is 1. The quantitative estimate of drug-likeness (QED) is 0.398. The largest absolute Gasteiger partial charge is 0.373 e. The Kier molecular flexibility index (Phi) is 8.17. The van der Waals surface area contributed by atoms with Crippen molar-refractivity contribution in [3.05, 3.63) is 59.7 Å². The first-order valence-corrected chi connectivity index (χ1v) is 9.22. The Hall–Kier alpha value is -1.34. The molecule has 0 aliphatic heterocycles. The molecule has 1 aromatic carbocycles. The molecule has 126 valence electrons. The van der Waals surface area contributed by atoms with Gasteiger partial charge in [-0.25, -0.2) is 0 Å². The van der Waals surface area contributed by atoms with Crippen molar-refractivity contribution in [2.24, 2.45) is 5.92 Å². The molecule has 0 amide bonds. The average molecular weight is 312 g/mol. The summed E-state index contributed by atoms with van der Waals surface area (Å²) in [5, 5.41) is 0. The lowest BCUT2D eigenvalue weighted by atomic mass is 9.77. The van der Waals surface area contributed by atoms with Crippen LogP contribution in [0, 0.1) is 5.92 Å². The van der Waals surface area contributed by atoms with Crippen molar-refractivity contribution >= 4 is 0 Å². The summed E-state index contributed by atoms with van der Waals surface area (Å²) >= 11 is 0. The zero-order chi connectivity index (χ0) is 16.3. The first kappa shape index (κ1) is 18.0. The Morgan fingerprint density at radius 3 is 2.30 bits per heavy atom. The van der Waals surface area contributed by atoms with Gasteiger partial charge in [0.1, 0.15) is 0 Å². The minimum absolute atomic E-state index is 0.704. The van der Waals surface area contributed by atoms with E-state index >= 15 is 0 Å². The first-order chi connectivity index (χ1) is 11.3. The summed E-state index contributed by atoms with van der Waals surface area (Å²) in [4.78, 5) is 0. The van der Waals surface area contributed by atoms with Gasteiger partial charge in [0.05, 0.1) is 13.2 Å². The van der Waals surface area contributed by atoms with E-state index in [1.807, 2.05) is 19.1 Å². The molecule has 0 N–H and O–H groups in total. The Bertz CT molecular complexity index is 475. The van der Waals surface area contributed by atoms with Crippen LogP contribution in [-0.4, -0.2) is 6.61 Å². The summed E-state index contributed by atoms with van der Waals surface area (Å²) < 4.78 is 5.61. The molecule has 0 saturated heterocycles. The van der Waals surface area contributed by atoms with Crippen molar-refractivity contribution in [2.45, 2.75) is 64.9 Å². The van der Waals surface area contributed by atoms with Gasteiger partial charge in [0.2, 0.25) is 0 Å². The van der Waals surface area contributed by atoms with E-state index in [4.69, 9.17) is 4.74 Å². The minimum atomic E-state index is 0.704. The second-order valence-electron chi connectivity index (χ2n) is 6.69. The fourth-order valence-electron chi connectivity index (χ4n) is 3.51. The van der Waals surface area contributed by atoms with E-state index in [2.05, 4.69) is 43.3 Å². The van der Waals surface area contributed by atoms with Crippen LogP contribution in [0.1, 0.15) is 69.4 Å². The van der Waals surface area contributed by atoms with Crippen LogP contribution >= 0.6 is 0 Å². The van der Waals surface area contributed by atoms with Gasteiger partial charge >= 0.3 is 0 Å². The number of allylic oxidation sites excluding steroid dienone is 3. The van der Waals surface area contributed by atoms with Crippen LogP contribution in [0.4, 0.5) is 0 Å². The van der Waals surface area contributed by atoms with Crippen LogP contribution in [0.25, 0.3) is 0 Å². The SMILES string of the molecule is CC=CCCC1CCC(c2ccc(COCC=CC)cc2)CC1. The zero-order valence-corrected chi connectivity index (χ0v) is 14.8. The molecule has 1 aliphatic carbocycles. The Morgan fingerprint density at radius 2 is 1.65 bits per heavy atom. The summed E-state index contributed by atoms with van der Waals surface area (Å²) in [7, 11) is 0. The highest BCUT2D eigenvalue weighted by Crippen LogP contribution is 2.37. The number of hydrogen-bond acceptors (Lipinski definition) is 1. The van der Waals surface area contributed by atoms with Gasteiger partial charge in [0.15, 0.2) is 0 Å². The summed E-state index contributed by atoms with van der Waals surface area (Å²) in [5.74, 6) is 1.72. The molecule has 0 aromatic heterocycles. The molecule has 1 aromatic rings. The van der Waals surface area contributed by atoms with Crippen molar-refractivity contribution < 1.29 is 4.74 Å². The van der Waals surface area contributed by atoms with E-state index in [9.17, 15) is 0 Å². The Labute approximate surface area is 142 Å². The normalized spacial score (nSPS) is 22.2. The molecular formula is C22H32O. The first-order valence-electron chi connectivity index (χ1n) is 9.22. The lowest BCUT2D eigenvalue weighted by molar-refractivity contribution is 0.148. The second kappa shape index (κ2) is 10.4. The molecule has 0 radical (unpaired) electrons. The molecule has 0 bridgehead atoms.